The monoisotopic (exact) mass is 356 g/mol. The first-order chi connectivity index (χ1) is 13.0. The maximum Gasteiger partial charge on any atom is 0.187 e. The van der Waals surface area contributed by atoms with E-state index >= 15 is 0 Å². The Kier molecular flexibility index (Phi) is 4.20. The standard InChI is InChI=1S/C22H20N4O/c1-14-7-9-19(16(3)11-14)21-22(25-24-17-5-4-6-18(27)12-17)26-13-15(2)8-10-20(26)23-21/h4-13,27H,1-3H3. The minimum atomic E-state index is 0.162. The van der Waals surface area contributed by atoms with Crippen LogP contribution in [0, 0.1) is 20.8 Å². The summed E-state index contributed by atoms with van der Waals surface area (Å²) in [5.74, 6) is 0.832. The van der Waals surface area contributed by atoms with Crippen LogP contribution in [0.2, 0.25) is 0 Å². The number of benzene rings is 2. The Labute approximate surface area is 157 Å². The molecule has 5 nitrogen and oxygen atoms in total. The van der Waals surface area contributed by atoms with Gasteiger partial charge in [-0.05, 0) is 50.1 Å². The van der Waals surface area contributed by atoms with Crippen LogP contribution in [0.3, 0.4) is 0 Å². The third kappa shape index (κ3) is 3.31. The van der Waals surface area contributed by atoms with E-state index in [1.807, 2.05) is 29.7 Å². The number of azo groups is 1. The first-order valence-electron chi connectivity index (χ1n) is 8.78. The van der Waals surface area contributed by atoms with Crippen molar-refractivity contribution in [3.05, 3.63) is 77.5 Å². The van der Waals surface area contributed by atoms with Crippen LogP contribution >= 0.6 is 0 Å². The van der Waals surface area contributed by atoms with Gasteiger partial charge in [-0.15, -0.1) is 10.2 Å². The summed E-state index contributed by atoms with van der Waals surface area (Å²) in [7, 11) is 0. The average Bonchev–Trinajstić information content (AvgIpc) is 2.97. The highest BCUT2D eigenvalue weighted by Gasteiger charge is 2.16. The van der Waals surface area contributed by atoms with Gasteiger partial charge in [0.1, 0.15) is 17.1 Å². The number of pyridine rings is 1. The summed E-state index contributed by atoms with van der Waals surface area (Å²) in [6.45, 7) is 6.19. The SMILES string of the molecule is Cc1ccc(-c2nc3ccc(C)cn3c2N=Nc2cccc(O)c2)c(C)c1. The molecule has 0 aliphatic rings. The lowest BCUT2D eigenvalue weighted by Gasteiger charge is -2.05. The number of aromatic nitrogens is 2. The zero-order valence-corrected chi connectivity index (χ0v) is 15.5. The predicted molar refractivity (Wildman–Crippen MR) is 107 cm³/mol. The Hall–Kier alpha value is -3.47. The van der Waals surface area contributed by atoms with Crippen LogP contribution in [0.1, 0.15) is 16.7 Å². The number of fused-ring (bicyclic) bond motifs is 1. The summed E-state index contributed by atoms with van der Waals surface area (Å²) < 4.78 is 1.95. The Balaban J connectivity index is 1.92. The maximum absolute atomic E-state index is 9.65. The van der Waals surface area contributed by atoms with E-state index in [4.69, 9.17) is 4.98 Å². The molecule has 0 bridgehead atoms. The second-order valence-corrected chi connectivity index (χ2v) is 6.76. The second kappa shape index (κ2) is 6.68. The van der Waals surface area contributed by atoms with Gasteiger partial charge in [0, 0.05) is 17.8 Å². The fraction of sp³-hybridized carbons (Fsp3) is 0.136. The van der Waals surface area contributed by atoms with E-state index in [0.717, 1.165) is 28.0 Å². The molecule has 0 saturated carbocycles. The Morgan fingerprint density at radius 3 is 2.48 bits per heavy atom. The zero-order chi connectivity index (χ0) is 19.0. The van der Waals surface area contributed by atoms with E-state index in [1.54, 1.807) is 24.3 Å². The number of imidazole rings is 1. The lowest BCUT2D eigenvalue weighted by molar-refractivity contribution is 0.475. The van der Waals surface area contributed by atoms with Gasteiger partial charge in [-0.25, -0.2) is 4.98 Å². The smallest absolute Gasteiger partial charge is 0.187 e. The van der Waals surface area contributed by atoms with Crippen LogP contribution in [-0.2, 0) is 0 Å². The van der Waals surface area contributed by atoms with Crippen LogP contribution in [0.4, 0.5) is 11.5 Å². The van der Waals surface area contributed by atoms with Crippen LogP contribution < -0.4 is 0 Å². The molecule has 0 atom stereocenters. The Morgan fingerprint density at radius 1 is 0.889 bits per heavy atom. The second-order valence-electron chi connectivity index (χ2n) is 6.76. The van der Waals surface area contributed by atoms with E-state index in [-0.39, 0.29) is 5.75 Å². The maximum atomic E-state index is 9.65. The number of nitrogens with zero attached hydrogens (tertiary/aromatic N) is 4. The van der Waals surface area contributed by atoms with Crippen LogP contribution in [0.15, 0.2) is 71.0 Å². The Morgan fingerprint density at radius 2 is 1.70 bits per heavy atom. The van der Waals surface area contributed by atoms with E-state index < -0.39 is 0 Å². The van der Waals surface area contributed by atoms with Gasteiger partial charge in [-0.2, -0.15) is 0 Å². The van der Waals surface area contributed by atoms with Gasteiger partial charge in [-0.3, -0.25) is 4.40 Å². The molecule has 0 unspecified atom stereocenters. The average molecular weight is 356 g/mol. The fourth-order valence-corrected chi connectivity index (χ4v) is 3.15. The molecule has 1 N–H and O–H groups in total. The highest BCUT2D eigenvalue weighted by Crippen LogP contribution is 2.34. The number of hydrogen-bond donors (Lipinski definition) is 1. The van der Waals surface area contributed by atoms with E-state index in [2.05, 4.69) is 42.3 Å². The van der Waals surface area contributed by atoms with Gasteiger partial charge < -0.3 is 5.11 Å². The molecule has 4 rings (SSSR count). The molecule has 0 radical (unpaired) electrons. The predicted octanol–water partition coefficient (Wildman–Crippen LogP) is 6.05. The van der Waals surface area contributed by atoms with E-state index in [0.29, 0.717) is 11.5 Å². The van der Waals surface area contributed by atoms with Gasteiger partial charge in [0.25, 0.3) is 0 Å². The molecule has 0 spiro atoms. The third-order valence-electron chi connectivity index (χ3n) is 4.47. The van der Waals surface area contributed by atoms with Crippen molar-refractivity contribution in [2.24, 2.45) is 10.2 Å². The van der Waals surface area contributed by atoms with Gasteiger partial charge in [-0.1, -0.05) is 35.9 Å². The number of phenolic OH excluding ortho intramolecular Hbond substituents is 1. The number of rotatable bonds is 3. The molecular weight excluding hydrogens is 336 g/mol. The molecule has 2 aromatic carbocycles. The molecule has 134 valence electrons. The lowest BCUT2D eigenvalue weighted by Crippen LogP contribution is -1.86. The van der Waals surface area contributed by atoms with E-state index in [9.17, 15) is 5.11 Å². The molecule has 0 aliphatic carbocycles. The minimum Gasteiger partial charge on any atom is -0.508 e. The number of hydrogen-bond acceptors (Lipinski definition) is 4. The van der Waals surface area contributed by atoms with Crippen LogP contribution in [-0.4, -0.2) is 14.5 Å². The van der Waals surface area contributed by atoms with Crippen molar-refractivity contribution >= 4 is 17.2 Å². The molecule has 2 aromatic heterocycles. The largest absolute Gasteiger partial charge is 0.508 e. The van der Waals surface area contributed by atoms with Crippen LogP contribution in [0.25, 0.3) is 16.9 Å². The quantitative estimate of drug-likeness (QED) is 0.454. The van der Waals surface area contributed by atoms with Crippen LogP contribution in [0.5, 0.6) is 5.75 Å². The van der Waals surface area contributed by atoms with Crippen molar-refractivity contribution in [2.75, 3.05) is 0 Å². The third-order valence-corrected chi connectivity index (χ3v) is 4.47. The summed E-state index contributed by atoms with van der Waals surface area (Å²) in [6, 6.07) is 17.0. The molecule has 0 fully saturated rings. The topological polar surface area (TPSA) is 62.2 Å². The molecular formula is C22H20N4O. The highest BCUT2D eigenvalue weighted by atomic mass is 16.3. The van der Waals surface area contributed by atoms with Crippen molar-refractivity contribution in [1.82, 2.24) is 9.38 Å². The van der Waals surface area contributed by atoms with Gasteiger partial charge in [0.05, 0.1) is 5.69 Å². The van der Waals surface area contributed by atoms with Gasteiger partial charge >= 0.3 is 0 Å². The van der Waals surface area contributed by atoms with Crippen molar-refractivity contribution < 1.29 is 5.11 Å². The number of aryl methyl sites for hydroxylation is 3. The molecule has 4 aromatic rings. The lowest BCUT2D eigenvalue weighted by atomic mass is 10.0. The normalized spacial score (nSPS) is 11.5. The van der Waals surface area contributed by atoms with Crippen molar-refractivity contribution in [3.8, 4) is 17.0 Å². The fourth-order valence-electron chi connectivity index (χ4n) is 3.15. The van der Waals surface area contributed by atoms with E-state index in [1.165, 1.54) is 5.56 Å². The van der Waals surface area contributed by atoms with Crippen molar-refractivity contribution in [2.45, 2.75) is 20.8 Å². The van der Waals surface area contributed by atoms with Crippen molar-refractivity contribution in [1.29, 1.82) is 0 Å². The Bertz CT molecular complexity index is 1170. The molecule has 2 heterocycles. The first kappa shape index (κ1) is 17.0. The minimum absolute atomic E-state index is 0.162. The summed E-state index contributed by atoms with van der Waals surface area (Å²) in [4.78, 5) is 4.80. The summed E-state index contributed by atoms with van der Waals surface area (Å²) in [6.07, 6.45) is 2.01. The highest BCUT2D eigenvalue weighted by molar-refractivity contribution is 5.77. The molecule has 0 saturated heterocycles. The summed E-state index contributed by atoms with van der Waals surface area (Å²) in [5.41, 5.74) is 6.70. The zero-order valence-electron chi connectivity index (χ0n) is 15.5. The molecule has 27 heavy (non-hydrogen) atoms. The van der Waals surface area contributed by atoms with Crippen molar-refractivity contribution in [3.63, 3.8) is 0 Å². The number of aromatic hydroxyl groups is 1. The summed E-state index contributed by atoms with van der Waals surface area (Å²) in [5, 5.41) is 18.5. The molecule has 0 aliphatic heterocycles. The molecule has 0 amide bonds. The van der Waals surface area contributed by atoms with Gasteiger partial charge in [0.15, 0.2) is 5.82 Å². The van der Waals surface area contributed by atoms with Gasteiger partial charge in [0.2, 0.25) is 0 Å². The molecule has 5 heteroatoms. The first-order valence-corrected chi connectivity index (χ1v) is 8.78. The summed E-state index contributed by atoms with van der Waals surface area (Å²) >= 11 is 0. The number of phenols is 1.